The summed E-state index contributed by atoms with van der Waals surface area (Å²) in [6.07, 6.45) is 0. The van der Waals surface area contributed by atoms with E-state index >= 15 is 0 Å². The minimum Gasteiger partial charge on any atom is -1.00 e. The predicted molar refractivity (Wildman–Crippen MR) is 40.9 cm³/mol. The summed E-state index contributed by atoms with van der Waals surface area (Å²) in [6, 6.07) is 10.0. The molecule has 0 aliphatic rings. The molecule has 0 nitrogen and oxygen atoms in total. The standard InChI is InChI=1S/C5H5.C2H7Si.2ClH.Zr/c1-2-4-5-3-1;1-3-2;;;/h1-5H;3H,1-2H3;2*1H;/q-1;;;;+3/p-2. The van der Waals surface area contributed by atoms with Crippen molar-refractivity contribution < 1.29 is 51.0 Å². The zero-order chi connectivity index (χ0) is 6.24. The van der Waals surface area contributed by atoms with Crippen LogP contribution >= 0.6 is 0 Å². The first-order valence-electron chi connectivity index (χ1n) is 2.82. The normalized spacial score (nSPS) is 5.27. The average molecular weight is 286 g/mol. The molecule has 0 spiro atoms. The molecule has 0 N–H and O–H groups in total. The van der Waals surface area contributed by atoms with Gasteiger partial charge in [-0.3, -0.25) is 0 Å². The molecule has 1 aromatic carbocycles. The molecule has 0 unspecified atom stereocenters. The van der Waals surface area contributed by atoms with Crippen molar-refractivity contribution in [2.45, 2.75) is 13.1 Å². The number of hydrogen-bond donors (Lipinski definition) is 0. The molecule has 1 rings (SSSR count). The van der Waals surface area contributed by atoms with Crippen molar-refractivity contribution >= 4 is 9.52 Å². The molecule has 0 bridgehead atoms. The van der Waals surface area contributed by atoms with E-state index in [1.165, 1.54) is 0 Å². The Morgan fingerprint density at radius 3 is 1.36 bits per heavy atom. The van der Waals surface area contributed by atoms with Crippen molar-refractivity contribution in [3.05, 3.63) is 30.3 Å². The van der Waals surface area contributed by atoms with Gasteiger partial charge in [-0.2, -0.15) is 18.2 Å². The van der Waals surface area contributed by atoms with Crippen LogP contribution in [0, 0.1) is 0 Å². The van der Waals surface area contributed by atoms with E-state index in [9.17, 15) is 0 Å². The van der Waals surface area contributed by atoms with E-state index in [-0.39, 0.29) is 51.0 Å². The summed E-state index contributed by atoms with van der Waals surface area (Å²) in [7, 11) is 0.750. The van der Waals surface area contributed by atoms with Gasteiger partial charge in [-0.15, -0.1) is 0 Å². The van der Waals surface area contributed by atoms with Gasteiger partial charge in [0.1, 0.15) is 0 Å². The summed E-state index contributed by atoms with van der Waals surface area (Å²) in [5.41, 5.74) is 0. The number of hydrogen-bond acceptors (Lipinski definition) is 0. The second-order valence-electron chi connectivity index (χ2n) is 1.54. The number of halogens is 2. The Labute approximate surface area is 103 Å². The van der Waals surface area contributed by atoms with Gasteiger partial charge in [0.15, 0.2) is 0 Å². The Morgan fingerprint density at radius 2 is 1.27 bits per heavy atom. The van der Waals surface area contributed by atoms with Crippen LogP contribution in [0.2, 0.25) is 13.1 Å². The molecule has 0 saturated carbocycles. The van der Waals surface area contributed by atoms with E-state index in [0.717, 1.165) is 9.52 Å². The molecular weight excluding hydrogens is 274 g/mol. The molecule has 62 valence electrons. The van der Waals surface area contributed by atoms with Crippen molar-refractivity contribution in [3.8, 4) is 0 Å². The Kier molecular flexibility index (Phi) is 46.3. The summed E-state index contributed by atoms with van der Waals surface area (Å²) in [5, 5.41) is 0. The smallest absolute Gasteiger partial charge is 1.00 e. The third-order valence-electron chi connectivity index (χ3n) is 0.556. The Balaban J connectivity index is -0.0000000379. The monoisotopic (exact) mass is 284 g/mol. The van der Waals surface area contributed by atoms with Gasteiger partial charge in [-0.05, 0) is 0 Å². The van der Waals surface area contributed by atoms with Crippen LogP contribution in [-0.4, -0.2) is 9.52 Å². The maximum Gasteiger partial charge on any atom is 3.00 e. The Bertz CT molecular complexity index is 83.3. The molecular formula is C7H12Cl2SiZr. The van der Waals surface area contributed by atoms with Gasteiger partial charge in [0.05, 0.1) is 0 Å². The minimum atomic E-state index is 0. The van der Waals surface area contributed by atoms with Gasteiger partial charge in [-0.25, -0.2) is 12.1 Å². The quantitative estimate of drug-likeness (QED) is 0.336. The zero-order valence-corrected chi connectivity index (χ0v) is 11.8. The fourth-order valence-electron chi connectivity index (χ4n) is 0.321. The molecule has 0 aliphatic carbocycles. The van der Waals surface area contributed by atoms with Crippen LogP contribution in [-0.2, 0) is 26.2 Å². The van der Waals surface area contributed by atoms with Gasteiger partial charge in [-0.1, -0.05) is 13.1 Å². The summed E-state index contributed by atoms with van der Waals surface area (Å²) >= 11 is 0. The fourth-order valence-corrected chi connectivity index (χ4v) is 0.321. The Hall–Kier alpha value is 1.03. The molecule has 0 aromatic heterocycles. The van der Waals surface area contributed by atoms with Gasteiger partial charge in [0, 0.05) is 9.52 Å². The van der Waals surface area contributed by atoms with Crippen molar-refractivity contribution in [2.75, 3.05) is 0 Å². The second-order valence-corrected chi connectivity index (χ2v) is 2.69. The van der Waals surface area contributed by atoms with Crippen LogP contribution in [0.25, 0.3) is 0 Å². The molecule has 0 fully saturated rings. The first-order valence-corrected chi connectivity index (χ1v) is 5.13. The van der Waals surface area contributed by atoms with Crippen LogP contribution in [0.15, 0.2) is 30.3 Å². The first-order chi connectivity index (χ1) is 3.91. The zero-order valence-electron chi connectivity index (χ0n) is 6.72. The molecule has 0 saturated heterocycles. The van der Waals surface area contributed by atoms with Crippen LogP contribution in [0.3, 0.4) is 0 Å². The summed E-state index contributed by atoms with van der Waals surface area (Å²) in [6.45, 7) is 4.42. The van der Waals surface area contributed by atoms with Crippen LogP contribution in [0.5, 0.6) is 0 Å². The van der Waals surface area contributed by atoms with E-state index in [0.29, 0.717) is 0 Å². The SMILES string of the molecule is C[SiH]C.[Cl-].[Cl-].[Zr+3].c1cc[cH-]c1. The van der Waals surface area contributed by atoms with Gasteiger partial charge in [0.2, 0.25) is 0 Å². The molecule has 1 aromatic rings. The maximum atomic E-state index is 2.21. The molecule has 4 heteroatoms. The van der Waals surface area contributed by atoms with Crippen LogP contribution in [0.4, 0.5) is 0 Å². The van der Waals surface area contributed by atoms with Gasteiger partial charge in [0.25, 0.3) is 0 Å². The predicted octanol–water partition coefficient (Wildman–Crippen LogP) is -4.07. The summed E-state index contributed by atoms with van der Waals surface area (Å²) < 4.78 is 0. The summed E-state index contributed by atoms with van der Waals surface area (Å²) in [4.78, 5) is 0. The molecule has 0 amide bonds. The van der Waals surface area contributed by atoms with Gasteiger partial charge >= 0.3 is 26.2 Å². The van der Waals surface area contributed by atoms with Crippen molar-refractivity contribution in [3.63, 3.8) is 0 Å². The molecule has 0 aliphatic heterocycles. The first kappa shape index (κ1) is 22.7. The molecule has 2 radical (unpaired) electrons. The third kappa shape index (κ3) is 24.7. The topological polar surface area (TPSA) is 0 Å². The Morgan fingerprint density at radius 1 is 1.00 bits per heavy atom. The minimum absolute atomic E-state index is 0. The van der Waals surface area contributed by atoms with Crippen molar-refractivity contribution in [2.24, 2.45) is 0 Å². The van der Waals surface area contributed by atoms with Gasteiger partial charge < -0.3 is 24.8 Å². The van der Waals surface area contributed by atoms with Crippen molar-refractivity contribution in [1.29, 1.82) is 0 Å². The van der Waals surface area contributed by atoms with Crippen molar-refractivity contribution in [1.82, 2.24) is 0 Å². The number of rotatable bonds is 0. The van der Waals surface area contributed by atoms with E-state index in [1.54, 1.807) is 0 Å². The average Bonchev–Trinajstić information content (AvgIpc) is 2.17. The molecule has 11 heavy (non-hydrogen) atoms. The fraction of sp³-hybridized carbons (Fsp3) is 0.286. The third-order valence-corrected chi connectivity index (χ3v) is 0.556. The van der Waals surface area contributed by atoms with E-state index < -0.39 is 0 Å². The maximum absolute atomic E-state index is 2.21. The van der Waals surface area contributed by atoms with E-state index in [4.69, 9.17) is 0 Å². The summed E-state index contributed by atoms with van der Waals surface area (Å²) in [5.74, 6) is 0. The van der Waals surface area contributed by atoms with Crippen LogP contribution in [0.1, 0.15) is 0 Å². The molecule has 0 heterocycles. The second kappa shape index (κ2) is 22.5. The largest absolute Gasteiger partial charge is 3.00 e. The van der Waals surface area contributed by atoms with E-state index in [2.05, 4.69) is 13.1 Å². The molecule has 0 atom stereocenters. The van der Waals surface area contributed by atoms with Crippen LogP contribution < -0.4 is 24.8 Å². The van der Waals surface area contributed by atoms with E-state index in [1.807, 2.05) is 30.3 Å².